The molecule has 1 fully saturated rings. The number of rotatable bonds is 0. The van der Waals surface area contributed by atoms with E-state index < -0.39 is 0 Å². The molecule has 3 rings (SSSR count). The second kappa shape index (κ2) is 4.40. The van der Waals surface area contributed by atoms with Crippen LogP contribution in [0.25, 0.3) is 6.08 Å². The Labute approximate surface area is 116 Å². The van der Waals surface area contributed by atoms with E-state index in [1.54, 1.807) is 5.57 Å². The summed E-state index contributed by atoms with van der Waals surface area (Å²) in [6.45, 7) is 6.83. The van der Waals surface area contributed by atoms with E-state index in [0.717, 1.165) is 17.9 Å². The van der Waals surface area contributed by atoms with Gasteiger partial charge in [-0.25, -0.2) is 0 Å². The van der Waals surface area contributed by atoms with Crippen molar-refractivity contribution in [2.24, 2.45) is 11.3 Å². The van der Waals surface area contributed by atoms with E-state index in [9.17, 15) is 5.11 Å². The lowest BCUT2D eigenvalue weighted by atomic mass is 9.65. The monoisotopic (exact) mass is 256 g/mol. The van der Waals surface area contributed by atoms with Crippen LogP contribution in [0.2, 0.25) is 0 Å². The van der Waals surface area contributed by atoms with E-state index in [2.05, 4.69) is 26.0 Å². The molecule has 0 spiro atoms. The number of aromatic hydroxyl groups is 1. The van der Waals surface area contributed by atoms with Gasteiger partial charge in [0.25, 0.3) is 0 Å². The van der Waals surface area contributed by atoms with Gasteiger partial charge in [0, 0.05) is 0 Å². The first-order chi connectivity index (χ1) is 8.97. The molecule has 0 amide bonds. The third-order valence-electron chi connectivity index (χ3n) is 5.18. The molecule has 1 atom stereocenters. The molecule has 0 radical (unpaired) electrons. The van der Waals surface area contributed by atoms with Gasteiger partial charge in [0.2, 0.25) is 0 Å². The molecule has 0 aliphatic heterocycles. The van der Waals surface area contributed by atoms with Gasteiger partial charge in [-0.2, -0.15) is 0 Å². The van der Waals surface area contributed by atoms with Gasteiger partial charge in [-0.05, 0) is 73.1 Å². The fourth-order valence-electron chi connectivity index (χ4n) is 3.97. The maximum absolute atomic E-state index is 9.94. The molecule has 0 heterocycles. The predicted octanol–water partition coefficient (Wildman–Crippen LogP) is 4.86. The van der Waals surface area contributed by atoms with Gasteiger partial charge in [0.1, 0.15) is 5.75 Å². The third kappa shape index (κ3) is 2.20. The average Bonchev–Trinajstić information content (AvgIpc) is 2.50. The average molecular weight is 256 g/mol. The van der Waals surface area contributed by atoms with Crippen molar-refractivity contribution in [3.8, 4) is 5.75 Å². The Morgan fingerprint density at radius 3 is 2.79 bits per heavy atom. The molecule has 1 heteroatoms. The van der Waals surface area contributed by atoms with Gasteiger partial charge in [0.05, 0.1) is 0 Å². The van der Waals surface area contributed by atoms with Gasteiger partial charge in [-0.1, -0.05) is 31.6 Å². The molecule has 102 valence electrons. The quantitative estimate of drug-likeness (QED) is 0.703. The topological polar surface area (TPSA) is 20.2 Å². The maximum Gasteiger partial charge on any atom is 0.119 e. The summed E-state index contributed by atoms with van der Waals surface area (Å²) in [5, 5.41) is 9.94. The number of allylic oxidation sites excluding steroid dienone is 1. The normalized spacial score (nSPS) is 25.0. The van der Waals surface area contributed by atoms with Crippen LogP contribution in [-0.2, 0) is 6.42 Å². The molecular weight excluding hydrogens is 232 g/mol. The molecule has 0 aromatic heterocycles. The maximum atomic E-state index is 9.94. The zero-order chi connectivity index (χ0) is 13.6. The molecule has 1 N–H and O–H groups in total. The summed E-state index contributed by atoms with van der Waals surface area (Å²) >= 11 is 0. The van der Waals surface area contributed by atoms with E-state index in [0.29, 0.717) is 11.2 Å². The highest BCUT2D eigenvalue weighted by molar-refractivity contribution is 5.62. The standard InChI is InChI=1S/C18H24O/c1-12-9-13-6-7-16-14(5-4-8-18(16,2)3)10-15(13)11-17(12)19/h9-11,16,19H,4-8H2,1-3H3. The summed E-state index contributed by atoms with van der Waals surface area (Å²) in [5.74, 6) is 1.15. The van der Waals surface area contributed by atoms with Crippen molar-refractivity contribution in [1.29, 1.82) is 0 Å². The highest BCUT2D eigenvalue weighted by Crippen LogP contribution is 2.48. The highest BCUT2D eigenvalue weighted by Gasteiger charge is 2.36. The van der Waals surface area contributed by atoms with Crippen LogP contribution in [-0.4, -0.2) is 5.11 Å². The van der Waals surface area contributed by atoms with Crippen LogP contribution in [0.15, 0.2) is 17.7 Å². The lowest BCUT2D eigenvalue weighted by Gasteiger charge is -2.40. The first-order valence-electron chi connectivity index (χ1n) is 7.50. The number of aryl methyl sites for hydroxylation is 2. The summed E-state index contributed by atoms with van der Waals surface area (Å²) < 4.78 is 0. The molecule has 1 aromatic carbocycles. The van der Waals surface area contributed by atoms with Crippen molar-refractivity contribution >= 4 is 6.08 Å². The van der Waals surface area contributed by atoms with E-state index >= 15 is 0 Å². The molecule has 1 unspecified atom stereocenters. The fourth-order valence-corrected chi connectivity index (χ4v) is 3.97. The fraction of sp³-hybridized carbons (Fsp3) is 0.556. The summed E-state index contributed by atoms with van der Waals surface area (Å²) in [5.41, 5.74) is 5.70. The molecule has 1 nitrogen and oxygen atoms in total. The minimum absolute atomic E-state index is 0.434. The Morgan fingerprint density at radius 2 is 2.00 bits per heavy atom. The molecular formula is C18H24O. The number of hydrogen-bond donors (Lipinski definition) is 1. The lowest BCUT2D eigenvalue weighted by molar-refractivity contribution is 0.182. The van der Waals surface area contributed by atoms with Crippen molar-refractivity contribution in [1.82, 2.24) is 0 Å². The van der Waals surface area contributed by atoms with Gasteiger partial charge in [-0.15, -0.1) is 0 Å². The van der Waals surface area contributed by atoms with Crippen molar-refractivity contribution in [2.75, 3.05) is 0 Å². The van der Waals surface area contributed by atoms with E-state index in [-0.39, 0.29) is 0 Å². The first-order valence-corrected chi connectivity index (χ1v) is 7.50. The summed E-state index contributed by atoms with van der Waals surface area (Å²) in [6.07, 6.45) is 8.66. The van der Waals surface area contributed by atoms with Gasteiger partial charge < -0.3 is 5.11 Å². The predicted molar refractivity (Wildman–Crippen MR) is 80.3 cm³/mol. The van der Waals surface area contributed by atoms with Gasteiger partial charge in [0.15, 0.2) is 0 Å². The number of fused-ring (bicyclic) bond motifs is 2. The number of benzene rings is 1. The van der Waals surface area contributed by atoms with Crippen LogP contribution >= 0.6 is 0 Å². The van der Waals surface area contributed by atoms with Crippen molar-refractivity contribution < 1.29 is 5.11 Å². The first kappa shape index (κ1) is 12.8. The smallest absolute Gasteiger partial charge is 0.119 e. The molecule has 0 saturated heterocycles. The van der Waals surface area contributed by atoms with Crippen molar-refractivity contribution in [3.63, 3.8) is 0 Å². The van der Waals surface area contributed by atoms with E-state index in [1.165, 1.54) is 36.8 Å². The number of phenolic OH excluding ortho intramolecular Hbond substituents is 1. The largest absolute Gasteiger partial charge is 0.508 e. The van der Waals surface area contributed by atoms with Crippen molar-refractivity contribution in [2.45, 2.75) is 52.9 Å². The van der Waals surface area contributed by atoms with Gasteiger partial charge in [-0.3, -0.25) is 0 Å². The Hall–Kier alpha value is -1.24. The Morgan fingerprint density at radius 1 is 1.21 bits per heavy atom. The minimum Gasteiger partial charge on any atom is -0.508 e. The lowest BCUT2D eigenvalue weighted by Crippen LogP contribution is -2.29. The Kier molecular flexibility index (Phi) is 2.96. The number of hydrogen-bond acceptors (Lipinski definition) is 1. The molecule has 2 aliphatic carbocycles. The van der Waals surface area contributed by atoms with Gasteiger partial charge >= 0.3 is 0 Å². The molecule has 1 aromatic rings. The van der Waals surface area contributed by atoms with E-state index in [1.807, 2.05) is 13.0 Å². The third-order valence-corrected chi connectivity index (χ3v) is 5.18. The zero-order valence-electron chi connectivity index (χ0n) is 12.3. The molecule has 0 bridgehead atoms. The van der Waals surface area contributed by atoms with Crippen LogP contribution in [0.5, 0.6) is 5.75 Å². The zero-order valence-corrected chi connectivity index (χ0v) is 12.3. The summed E-state index contributed by atoms with van der Waals surface area (Å²) in [7, 11) is 0. The minimum atomic E-state index is 0.434. The molecule has 2 aliphatic rings. The molecule has 19 heavy (non-hydrogen) atoms. The second-order valence-corrected chi connectivity index (χ2v) is 6.99. The van der Waals surface area contributed by atoms with Crippen LogP contribution < -0.4 is 0 Å². The SMILES string of the molecule is Cc1cc2c(cc1O)C=C1CCCC(C)(C)C1CC2. The van der Waals surface area contributed by atoms with Crippen LogP contribution in [0.3, 0.4) is 0 Å². The van der Waals surface area contributed by atoms with E-state index in [4.69, 9.17) is 0 Å². The second-order valence-electron chi connectivity index (χ2n) is 6.99. The van der Waals surface area contributed by atoms with Crippen LogP contribution in [0.4, 0.5) is 0 Å². The molecule has 1 saturated carbocycles. The Bertz CT molecular complexity index is 537. The summed E-state index contributed by atoms with van der Waals surface area (Å²) in [6, 6.07) is 4.13. The van der Waals surface area contributed by atoms with Crippen LogP contribution in [0.1, 0.15) is 56.2 Å². The summed E-state index contributed by atoms with van der Waals surface area (Å²) in [4.78, 5) is 0. The Balaban J connectivity index is 2.06. The number of phenols is 1. The van der Waals surface area contributed by atoms with Crippen molar-refractivity contribution in [3.05, 3.63) is 34.4 Å². The highest BCUT2D eigenvalue weighted by atomic mass is 16.3. The van der Waals surface area contributed by atoms with Crippen LogP contribution in [0, 0.1) is 18.3 Å².